The van der Waals surface area contributed by atoms with Crippen molar-refractivity contribution in [2.45, 2.75) is 0 Å². The zero-order chi connectivity index (χ0) is 15.9. The molecule has 0 atom stereocenters. The second kappa shape index (κ2) is 7.43. The Labute approximate surface area is 133 Å². The van der Waals surface area contributed by atoms with Crippen LogP contribution in [0, 0.1) is 0 Å². The molecule has 0 spiro atoms. The molecule has 2 rings (SSSR count). The van der Waals surface area contributed by atoms with E-state index in [0.717, 1.165) is 0 Å². The molecule has 0 aromatic heterocycles. The first-order chi connectivity index (χ1) is 10.6. The minimum atomic E-state index is -0.619. The fraction of sp³-hybridized carbons (Fsp3) is 0.0588. The highest BCUT2D eigenvalue weighted by Crippen LogP contribution is 2.13. The summed E-state index contributed by atoms with van der Waals surface area (Å²) >= 11 is 5.79. The average molecular weight is 316 g/mol. The lowest BCUT2D eigenvalue weighted by Gasteiger charge is -2.09. The van der Waals surface area contributed by atoms with E-state index >= 15 is 0 Å². The number of carbonyl (C=O) groups is 2. The van der Waals surface area contributed by atoms with Crippen LogP contribution in [-0.2, 0) is 9.53 Å². The average Bonchev–Trinajstić information content (AvgIpc) is 2.55. The zero-order valence-electron chi connectivity index (χ0n) is 11.9. The molecule has 0 saturated heterocycles. The van der Waals surface area contributed by atoms with Crippen molar-refractivity contribution in [1.82, 2.24) is 0 Å². The molecule has 0 unspecified atom stereocenters. The molecule has 22 heavy (non-hydrogen) atoms. The SMILES string of the molecule is COC(=O)/C(=C/C(=O)c1ccc(Cl)cc1)Nc1ccccc1. The molecule has 0 aliphatic heterocycles. The van der Waals surface area contributed by atoms with E-state index in [0.29, 0.717) is 16.3 Å². The fourth-order valence-corrected chi connectivity index (χ4v) is 1.89. The monoisotopic (exact) mass is 315 g/mol. The molecule has 5 heteroatoms. The van der Waals surface area contributed by atoms with Gasteiger partial charge in [-0.05, 0) is 36.4 Å². The summed E-state index contributed by atoms with van der Waals surface area (Å²) in [5, 5.41) is 3.42. The number of rotatable bonds is 5. The molecule has 0 fully saturated rings. The third-order valence-corrected chi connectivity index (χ3v) is 3.11. The number of carbonyl (C=O) groups excluding carboxylic acids is 2. The van der Waals surface area contributed by atoms with Gasteiger partial charge < -0.3 is 10.1 Å². The highest BCUT2D eigenvalue weighted by atomic mass is 35.5. The maximum absolute atomic E-state index is 12.2. The molecule has 2 aromatic carbocycles. The molecule has 4 nitrogen and oxygen atoms in total. The van der Waals surface area contributed by atoms with Crippen LogP contribution in [0.3, 0.4) is 0 Å². The molecule has 0 saturated carbocycles. The molecule has 0 aliphatic carbocycles. The van der Waals surface area contributed by atoms with Gasteiger partial charge in [0.15, 0.2) is 5.78 Å². The van der Waals surface area contributed by atoms with E-state index < -0.39 is 5.97 Å². The summed E-state index contributed by atoms with van der Waals surface area (Å²) in [7, 11) is 1.26. The molecule has 0 heterocycles. The number of esters is 1. The number of hydrogen-bond donors (Lipinski definition) is 1. The van der Waals surface area contributed by atoms with Gasteiger partial charge in [0, 0.05) is 22.3 Å². The highest BCUT2D eigenvalue weighted by Gasteiger charge is 2.13. The molecule has 0 radical (unpaired) electrons. The molecular formula is C17H14ClNO3. The van der Waals surface area contributed by atoms with Crippen LogP contribution in [0.4, 0.5) is 5.69 Å². The van der Waals surface area contributed by atoms with E-state index in [1.165, 1.54) is 13.2 Å². The number of ketones is 1. The number of methoxy groups -OCH3 is 1. The number of anilines is 1. The lowest BCUT2D eigenvalue weighted by atomic mass is 10.1. The topological polar surface area (TPSA) is 55.4 Å². The Kier molecular flexibility index (Phi) is 5.33. The van der Waals surface area contributed by atoms with Gasteiger partial charge in [-0.2, -0.15) is 0 Å². The van der Waals surface area contributed by atoms with Gasteiger partial charge in [0.2, 0.25) is 0 Å². The summed E-state index contributed by atoms with van der Waals surface area (Å²) in [4.78, 5) is 24.0. The first-order valence-corrected chi connectivity index (χ1v) is 6.90. The molecule has 0 amide bonds. The number of para-hydroxylation sites is 1. The lowest BCUT2D eigenvalue weighted by Crippen LogP contribution is -2.15. The van der Waals surface area contributed by atoms with Crippen LogP contribution in [0.15, 0.2) is 66.4 Å². The first-order valence-electron chi connectivity index (χ1n) is 6.52. The van der Waals surface area contributed by atoms with Crippen molar-refractivity contribution >= 4 is 29.0 Å². The number of benzene rings is 2. The molecule has 112 valence electrons. The Morgan fingerprint density at radius 1 is 1.05 bits per heavy atom. The molecule has 0 bridgehead atoms. The van der Waals surface area contributed by atoms with Gasteiger partial charge in [-0.1, -0.05) is 29.8 Å². The number of ether oxygens (including phenoxy) is 1. The van der Waals surface area contributed by atoms with Crippen molar-refractivity contribution in [2.24, 2.45) is 0 Å². The predicted octanol–water partition coefficient (Wildman–Crippen LogP) is 3.69. The molecule has 0 aliphatic rings. The van der Waals surface area contributed by atoms with Crippen LogP contribution >= 0.6 is 11.6 Å². The second-order valence-corrected chi connectivity index (χ2v) is 4.85. The minimum absolute atomic E-state index is 0.0636. The number of halogens is 1. The summed E-state index contributed by atoms with van der Waals surface area (Å²) in [6.07, 6.45) is 1.21. The number of hydrogen-bond acceptors (Lipinski definition) is 4. The van der Waals surface area contributed by atoms with Crippen LogP contribution in [-0.4, -0.2) is 18.9 Å². The standard InChI is InChI=1S/C17H14ClNO3/c1-22-17(21)15(19-14-5-3-2-4-6-14)11-16(20)12-7-9-13(18)10-8-12/h2-11,19H,1H3/b15-11-. The van der Waals surface area contributed by atoms with Crippen molar-refractivity contribution < 1.29 is 14.3 Å². The Balaban J connectivity index is 2.26. The normalized spacial score (nSPS) is 10.9. The zero-order valence-corrected chi connectivity index (χ0v) is 12.6. The van der Waals surface area contributed by atoms with Gasteiger partial charge in [-0.15, -0.1) is 0 Å². The molecule has 2 aromatic rings. The van der Waals surface area contributed by atoms with E-state index in [2.05, 4.69) is 5.32 Å². The first kappa shape index (κ1) is 15.8. The Morgan fingerprint density at radius 2 is 1.68 bits per heavy atom. The van der Waals surface area contributed by atoms with E-state index in [4.69, 9.17) is 16.3 Å². The van der Waals surface area contributed by atoms with Crippen LogP contribution in [0.5, 0.6) is 0 Å². The van der Waals surface area contributed by atoms with Gasteiger partial charge in [-0.3, -0.25) is 4.79 Å². The highest BCUT2D eigenvalue weighted by molar-refractivity contribution is 6.30. The van der Waals surface area contributed by atoms with Gasteiger partial charge >= 0.3 is 5.97 Å². The smallest absolute Gasteiger partial charge is 0.354 e. The fourth-order valence-electron chi connectivity index (χ4n) is 1.76. The Morgan fingerprint density at radius 3 is 2.27 bits per heavy atom. The summed E-state index contributed by atoms with van der Waals surface area (Å²) in [5.41, 5.74) is 1.18. The van der Waals surface area contributed by atoms with E-state index in [1.807, 2.05) is 18.2 Å². The summed E-state index contributed by atoms with van der Waals surface area (Å²) < 4.78 is 4.70. The van der Waals surface area contributed by atoms with Gasteiger partial charge in [0.25, 0.3) is 0 Å². The Hall–Kier alpha value is -2.59. The maximum atomic E-state index is 12.2. The summed E-state index contributed by atoms with van der Waals surface area (Å²) in [5.74, 6) is -0.938. The van der Waals surface area contributed by atoms with E-state index in [9.17, 15) is 9.59 Å². The quantitative estimate of drug-likeness (QED) is 0.519. The van der Waals surface area contributed by atoms with Crippen molar-refractivity contribution in [3.8, 4) is 0 Å². The second-order valence-electron chi connectivity index (χ2n) is 4.41. The summed E-state index contributed by atoms with van der Waals surface area (Å²) in [6.45, 7) is 0. The number of nitrogens with one attached hydrogen (secondary N) is 1. The minimum Gasteiger partial charge on any atom is -0.464 e. The third-order valence-electron chi connectivity index (χ3n) is 2.86. The van der Waals surface area contributed by atoms with Crippen LogP contribution in [0.2, 0.25) is 5.02 Å². The Bertz CT molecular complexity index is 694. The van der Waals surface area contributed by atoms with E-state index in [1.54, 1.807) is 36.4 Å². The lowest BCUT2D eigenvalue weighted by molar-refractivity contribution is -0.135. The molecular weight excluding hydrogens is 302 g/mol. The van der Waals surface area contributed by atoms with Crippen LogP contribution in [0.25, 0.3) is 0 Å². The predicted molar refractivity (Wildman–Crippen MR) is 85.9 cm³/mol. The van der Waals surface area contributed by atoms with Gasteiger partial charge in [0.05, 0.1) is 7.11 Å². The summed E-state index contributed by atoms with van der Waals surface area (Å²) in [6, 6.07) is 15.5. The van der Waals surface area contributed by atoms with Crippen molar-refractivity contribution in [2.75, 3.05) is 12.4 Å². The molecule has 1 N–H and O–H groups in total. The van der Waals surface area contributed by atoms with Crippen molar-refractivity contribution in [3.63, 3.8) is 0 Å². The van der Waals surface area contributed by atoms with Crippen molar-refractivity contribution in [3.05, 3.63) is 77.0 Å². The van der Waals surface area contributed by atoms with Crippen LogP contribution in [0.1, 0.15) is 10.4 Å². The van der Waals surface area contributed by atoms with E-state index in [-0.39, 0.29) is 11.5 Å². The van der Waals surface area contributed by atoms with Gasteiger partial charge in [0.1, 0.15) is 5.70 Å². The number of allylic oxidation sites excluding steroid dienone is 1. The van der Waals surface area contributed by atoms with Gasteiger partial charge in [-0.25, -0.2) is 4.79 Å². The van der Waals surface area contributed by atoms with Crippen LogP contribution < -0.4 is 5.32 Å². The maximum Gasteiger partial charge on any atom is 0.354 e. The third kappa shape index (κ3) is 4.20. The van der Waals surface area contributed by atoms with Crippen molar-refractivity contribution in [1.29, 1.82) is 0 Å². The largest absolute Gasteiger partial charge is 0.464 e.